The lowest BCUT2D eigenvalue weighted by Crippen LogP contribution is -2.02. The Hall–Kier alpha value is -5.84. The van der Waals surface area contributed by atoms with E-state index in [4.69, 9.17) is 9.97 Å². The van der Waals surface area contributed by atoms with Crippen LogP contribution in [0.25, 0.3) is 92.0 Å². The van der Waals surface area contributed by atoms with Gasteiger partial charge in [-0.15, -0.1) is 11.3 Å². The van der Waals surface area contributed by atoms with Gasteiger partial charge in [0.15, 0.2) is 5.82 Å². The molecule has 0 saturated carbocycles. The predicted molar refractivity (Wildman–Crippen MR) is 195 cm³/mol. The Morgan fingerprint density at radius 3 is 1.93 bits per heavy atom. The van der Waals surface area contributed by atoms with Crippen molar-refractivity contribution < 1.29 is 0 Å². The van der Waals surface area contributed by atoms with Gasteiger partial charge in [-0.2, -0.15) is 0 Å². The molecule has 0 amide bonds. The standard InChI is InChI=1S/C42H25N3S/c1-3-14-27(15-4-1)33-25-36(44-42(43-33)28-16-5-2-6-17-28)45-34-24-23-26-13-7-8-18-29(26)37(34)38-30-19-9-10-20-31(30)41-39(40(38)45)32-21-11-12-22-35(32)46-41/h1-25H. The zero-order valence-electron chi connectivity index (χ0n) is 24.7. The summed E-state index contributed by atoms with van der Waals surface area (Å²) in [5, 5.41) is 10.1. The van der Waals surface area contributed by atoms with Crippen LogP contribution in [0.5, 0.6) is 0 Å². The van der Waals surface area contributed by atoms with Crippen LogP contribution in [0.1, 0.15) is 0 Å². The molecular formula is C42H25N3S. The molecule has 0 spiro atoms. The van der Waals surface area contributed by atoms with Crippen molar-refractivity contribution in [2.24, 2.45) is 0 Å². The molecule has 0 atom stereocenters. The summed E-state index contributed by atoms with van der Waals surface area (Å²) in [6, 6.07) is 53.9. The van der Waals surface area contributed by atoms with Gasteiger partial charge in [0, 0.05) is 53.5 Å². The molecular weight excluding hydrogens is 579 g/mol. The Kier molecular flexibility index (Phi) is 5.45. The topological polar surface area (TPSA) is 30.7 Å². The van der Waals surface area contributed by atoms with Crippen molar-refractivity contribution >= 4 is 74.9 Å². The average molecular weight is 604 g/mol. The molecule has 10 aromatic rings. The molecule has 3 heterocycles. The first-order valence-electron chi connectivity index (χ1n) is 15.5. The summed E-state index contributed by atoms with van der Waals surface area (Å²) in [5.41, 5.74) is 5.27. The van der Waals surface area contributed by atoms with E-state index in [1.807, 2.05) is 35.6 Å². The molecule has 4 heteroatoms. The second kappa shape index (κ2) is 9.83. The van der Waals surface area contributed by atoms with E-state index in [0.29, 0.717) is 5.82 Å². The highest BCUT2D eigenvalue weighted by atomic mass is 32.1. The van der Waals surface area contributed by atoms with Crippen molar-refractivity contribution in [3.05, 3.63) is 152 Å². The van der Waals surface area contributed by atoms with Gasteiger partial charge in [0.2, 0.25) is 0 Å². The molecule has 0 fully saturated rings. The number of aromatic nitrogens is 3. The summed E-state index contributed by atoms with van der Waals surface area (Å²) >= 11 is 1.88. The van der Waals surface area contributed by atoms with Crippen LogP contribution in [0.4, 0.5) is 0 Å². The molecule has 214 valence electrons. The minimum Gasteiger partial charge on any atom is -0.293 e. The van der Waals surface area contributed by atoms with Gasteiger partial charge in [-0.1, -0.05) is 133 Å². The van der Waals surface area contributed by atoms with Crippen LogP contribution in [0.2, 0.25) is 0 Å². The normalized spacial score (nSPS) is 11.9. The summed E-state index contributed by atoms with van der Waals surface area (Å²) in [4.78, 5) is 10.5. The second-order valence-electron chi connectivity index (χ2n) is 11.8. The maximum Gasteiger partial charge on any atom is 0.162 e. The number of rotatable bonds is 3. The van der Waals surface area contributed by atoms with E-state index in [1.165, 1.54) is 58.0 Å². The van der Waals surface area contributed by atoms with E-state index < -0.39 is 0 Å². The zero-order valence-corrected chi connectivity index (χ0v) is 25.5. The maximum absolute atomic E-state index is 5.36. The van der Waals surface area contributed by atoms with Gasteiger partial charge in [0.05, 0.1) is 16.7 Å². The lowest BCUT2D eigenvalue weighted by atomic mass is 9.97. The number of benzene rings is 7. The molecule has 0 aliphatic heterocycles. The molecule has 7 aromatic carbocycles. The highest BCUT2D eigenvalue weighted by molar-refractivity contribution is 7.27. The molecule has 0 N–H and O–H groups in total. The van der Waals surface area contributed by atoms with Crippen molar-refractivity contribution in [2.45, 2.75) is 0 Å². The number of fused-ring (bicyclic) bond motifs is 12. The molecule has 0 radical (unpaired) electrons. The number of thiophene rings is 1. The fraction of sp³-hybridized carbons (Fsp3) is 0. The van der Waals surface area contributed by atoms with Crippen molar-refractivity contribution in [3.63, 3.8) is 0 Å². The summed E-state index contributed by atoms with van der Waals surface area (Å²) in [5.74, 6) is 1.56. The fourth-order valence-corrected chi connectivity index (χ4v) is 8.43. The van der Waals surface area contributed by atoms with Gasteiger partial charge in [0.25, 0.3) is 0 Å². The fourth-order valence-electron chi connectivity index (χ4n) is 7.19. The molecule has 0 aliphatic rings. The van der Waals surface area contributed by atoms with Crippen LogP contribution < -0.4 is 0 Å². The lowest BCUT2D eigenvalue weighted by molar-refractivity contribution is 1.05. The monoisotopic (exact) mass is 603 g/mol. The van der Waals surface area contributed by atoms with Crippen LogP contribution in [0.15, 0.2) is 152 Å². The van der Waals surface area contributed by atoms with Crippen molar-refractivity contribution in [1.29, 1.82) is 0 Å². The van der Waals surface area contributed by atoms with Crippen molar-refractivity contribution in [1.82, 2.24) is 14.5 Å². The smallest absolute Gasteiger partial charge is 0.162 e. The lowest BCUT2D eigenvalue weighted by Gasteiger charge is -2.13. The van der Waals surface area contributed by atoms with Gasteiger partial charge in [-0.25, -0.2) is 9.97 Å². The predicted octanol–water partition coefficient (Wildman–Crippen LogP) is 11.6. The van der Waals surface area contributed by atoms with E-state index in [9.17, 15) is 0 Å². The SMILES string of the molecule is c1ccc(-c2cc(-n3c4ccc5ccccc5c4c4c5ccccc5c5sc6ccccc6c5c43)nc(-c3ccccc3)n2)cc1. The molecule has 0 aliphatic carbocycles. The van der Waals surface area contributed by atoms with Crippen LogP contribution in [-0.4, -0.2) is 14.5 Å². The van der Waals surface area contributed by atoms with Crippen LogP contribution in [0.3, 0.4) is 0 Å². The van der Waals surface area contributed by atoms with Crippen LogP contribution >= 0.6 is 11.3 Å². The molecule has 0 saturated heterocycles. The number of nitrogens with zero attached hydrogens (tertiary/aromatic N) is 3. The molecule has 3 nitrogen and oxygen atoms in total. The minimum absolute atomic E-state index is 0.708. The summed E-state index contributed by atoms with van der Waals surface area (Å²) in [7, 11) is 0. The molecule has 10 rings (SSSR count). The van der Waals surface area contributed by atoms with E-state index in [0.717, 1.165) is 28.2 Å². The molecule has 0 bridgehead atoms. The van der Waals surface area contributed by atoms with Gasteiger partial charge < -0.3 is 0 Å². The molecule has 46 heavy (non-hydrogen) atoms. The average Bonchev–Trinajstić information content (AvgIpc) is 3.69. The largest absolute Gasteiger partial charge is 0.293 e. The Balaban J connectivity index is 1.47. The summed E-state index contributed by atoms with van der Waals surface area (Å²) in [6.45, 7) is 0. The van der Waals surface area contributed by atoms with E-state index in [2.05, 4.69) is 132 Å². The quantitative estimate of drug-likeness (QED) is 0.201. The van der Waals surface area contributed by atoms with Gasteiger partial charge in [-0.3, -0.25) is 4.57 Å². The van der Waals surface area contributed by atoms with Gasteiger partial charge in [0.1, 0.15) is 5.82 Å². The van der Waals surface area contributed by atoms with Crippen LogP contribution in [0, 0.1) is 0 Å². The Labute approximate surface area is 268 Å². The second-order valence-corrected chi connectivity index (χ2v) is 12.8. The van der Waals surface area contributed by atoms with E-state index in [1.54, 1.807) is 0 Å². The minimum atomic E-state index is 0.708. The van der Waals surface area contributed by atoms with Crippen molar-refractivity contribution in [2.75, 3.05) is 0 Å². The first kappa shape index (κ1) is 25.5. The van der Waals surface area contributed by atoms with Crippen LogP contribution in [-0.2, 0) is 0 Å². The van der Waals surface area contributed by atoms with Gasteiger partial charge >= 0.3 is 0 Å². The Morgan fingerprint density at radius 2 is 1.13 bits per heavy atom. The first-order chi connectivity index (χ1) is 22.8. The first-order valence-corrected chi connectivity index (χ1v) is 16.3. The third-order valence-electron chi connectivity index (χ3n) is 9.17. The Morgan fingerprint density at radius 1 is 0.478 bits per heavy atom. The Bertz CT molecular complexity index is 2740. The third-order valence-corrected chi connectivity index (χ3v) is 10.4. The highest BCUT2D eigenvalue weighted by Gasteiger charge is 2.24. The third kappa shape index (κ3) is 3.65. The van der Waals surface area contributed by atoms with Gasteiger partial charge in [-0.05, 0) is 28.3 Å². The number of hydrogen-bond donors (Lipinski definition) is 0. The van der Waals surface area contributed by atoms with E-state index >= 15 is 0 Å². The summed E-state index contributed by atoms with van der Waals surface area (Å²) < 4.78 is 5.00. The van der Waals surface area contributed by atoms with Crippen molar-refractivity contribution in [3.8, 4) is 28.5 Å². The van der Waals surface area contributed by atoms with E-state index in [-0.39, 0.29) is 0 Å². The maximum atomic E-state index is 5.36. The molecule has 0 unspecified atom stereocenters. The highest BCUT2D eigenvalue weighted by Crippen LogP contribution is 2.49. The number of hydrogen-bond acceptors (Lipinski definition) is 3. The zero-order chi connectivity index (χ0) is 30.2. The molecule has 3 aromatic heterocycles. The summed E-state index contributed by atoms with van der Waals surface area (Å²) in [6.07, 6.45) is 0.